The lowest BCUT2D eigenvalue weighted by molar-refractivity contribution is -0.128. The third kappa shape index (κ3) is 3.19. The van der Waals surface area contributed by atoms with Crippen LogP contribution >= 0.6 is 0 Å². The molecule has 2 aromatic rings. The van der Waals surface area contributed by atoms with Gasteiger partial charge >= 0.3 is 5.97 Å². The molecule has 8 nitrogen and oxygen atoms in total. The van der Waals surface area contributed by atoms with Gasteiger partial charge in [0.15, 0.2) is 5.69 Å². The zero-order valence-corrected chi connectivity index (χ0v) is 14.2. The van der Waals surface area contributed by atoms with Crippen molar-refractivity contribution in [3.63, 3.8) is 0 Å². The summed E-state index contributed by atoms with van der Waals surface area (Å²) in [5.74, 6) is -0.732. The fourth-order valence-electron chi connectivity index (χ4n) is 3.10. The van der Waals surface area contributed by atoms with E-state index < -0.39 is 5.97 Å². The van der Waals surface area contributed by atoms with Crippen LogP contribution in [-0.4, -0.2) is 52.4 Å². The SMILES string of the molecule is COC(=O)c1c(NC(=O)CCN2CCCC2=O)c2cccnc2n1C. The summed E-state index contributed by atoms with van der Waals surface area (Å²) in [6.07, 6.45) is 3.17. The number of esters is 1. The molecule has 1 saturated heterocycles. The van der Waals surface area contributed by atoms with Gasteiger partial charge in [-0.25, -0.2) is 9.78 Å². The Bertz CT molecular complexity index is 843. The van der Waals surface area contributed by atoms with Crippen molar-refractivity contribution in [2.75, 3.05) is 25.5 Å². The largest absolute Gasteiger partial charge is 0.464 e. The van der Waals surface area contributed by atoms with Gasteiger partial charge in [0, 0.05) is 44.6 Å². The average molecular weight is 344 g/mol. The van der Waals surface area contributed by atoms with Crippen LogP contribution in [-0.2, 0) is 21.4 Å². The normalized spacial score (nSPS) is 14.2. The second kappa shape index (κ2) is 6.92. The lowest BCUT2D eigenvalue weighted by Crippen LogP contribution is -2.29. The molecule has 0 spiro atoms. The van der Waals surface area contributed by atoms with Crippen molar-refractivity contribution in [2.24, 2.45) is 7.05 Å². The van der Waals surface area contributed by atoms with E-state index in [-0.39, 0.29) is 23.9 Å². The summed E-state index contributed by atoms with van der Waals surface area (Å²) >= 11 is 0. The molecule has 3 rings (SSSR count). The number of ether oxygens (including phenoxy) is 1. The molecule has 1 aliphatic heterocycles. The highest BCUT2D eigenvalue weighted by Gasteiger charge is 2.25. The van der Waals surface area contributed by atoms with Gasteiger partial charge in [-0.3, -0.25) is 9.59 Å². The number of hydrogen-bond acceptors (Lipinski definition) is 5. The molecule has 1 aliphatic rings. The Morgan fingerprint density at radius 1 is 1.40 bits per heavy atom. The molecule has 3 heterocycles. The van der Waals surface area contributed by atoms with E-state index in [1.165, 1.54) is 7.11 Å². The lowest BCUT2D eigenvalue weighted by Gasteiger charge is -2.15. The summed E-state index contributed by atoms with van der Waals surface area (Å²) in [6, 6.07) is 3.52. The van der Waals surface area contributed by atoms with Gasteiger partial charge in [0.1, 0.15) is 5.65 Å². The maximum atomic E-state index is 12.4. The van der Waals surface area contributed by atoms with E-state index >= 15 is 0 Å². The fourth-order valence-corrected chi connectivity index (χ4v) is 3.10. The van der Waals surface area contributed by atoms with Crippen molar-refractivity contribution in [3.8, 4) is 0 Å². The van der Waals surface area contributed by atoms with Crippen LogP contribution in [0, 0.1) is 0 Å². The standard InChI is InChI=1S/C17H20N4O4/c1-20-15(17(24)25-2)14(11-5-3-8-18-16(11)20)19-12(22)7-10-21-9-4-6-13(21)23/h3,5,8H,4,6-7,9-10H2,1-2H3,(H,19,22). The molecule has 0 atom stereocenters. The number of aryl methyl sites for hydroxylation is 1. The zero-order valence-electron chi connectivity index (χ0n) is 14.2. The lowest BCUT2D eigenvalue weighted by atomic mass is 10.2. The minimum Gasteiger partial charge on any atom is -0.464 e. The van der Waals surface area contributed by atoms with Gasteiger partial charge < -0.3 is 19.5 Å². The Kier molecular flexibility index (Phi) is 4.69. The molecule has 0 aromatic carbocycles. The third-order valence-electron chi connectivity index (χ3n) is 4.37. The third-order valence-corrected chi connectivity index (χ3v) is 4.37. The first kappa shape index (κ1) is 16.9. The molecular formula is C17H20N4O4. The van der Waals surface area contributed by atoms with Crippen molar-refractivity contribution < 1.29 is 19.1 Å². The Morgan fingerprint density at radius 3 is 2.88 bits per heavy atom. The van der Waals surface area contributed by atoms with Gasteiger partial charge in [0.25, 0.3) is 0 Å². The predicted octanol–water partition coefficient (Wildman–Crippen LogP) is 1.31. The van der Waals surface area contributed by atoms with Gasteiger partial charge in [0.2, 0.25) is 11.8 Å². The Labute approximate surface area is 144 Å². The Balaban J connectivity index is 1.83. The van der Waals surface area contributed by atoms with E-state index in [0.717, 1.165) is 6.42 Å². The number of nitrogens with zero attached hydrogens (tertiary/aromatic N) is 3. The number of carbonyl (C=O) groups excluding carboxylic acids is 3. The summed E-state index contributed by atoms with van der Waals surface area (Å²) in [4.78, 5) is 42.1. The number of pyridine rings is 1. The number of methoxy groups -OCH3 is 1. The number of nitrogens with one attached hydrogen (secondary N) is 1. The predicted molar refractivity (Wildman–Crippen MR) is 91.1 cm³/mol. The molecule has 8 heteroatoms. The highest BCUT2D eigenvalue weighted by Crippen LogP contribution is 2.29. The van der Waals surface area contributed by atoms with Crippen molar-refractivity contribution in [1.29, 1.82) is 0 Å². The fraction of sp³-hybridized carbons (Fsp3) is 0.412. The van der Waals surface area contributed by atoms with E-state index in [0.29, 0.717) is 36.2 Å². The van der Waals surface area contributed by atoms with Crippen LogP contribution in [0.15, 0.2) is 18.3 Å². The highest BCUT2D eigenvalue weighted by molar-refractivity contribution is 6.10. The summed E-state index contributed by atoms with van der Waals surface area (Å²) < 4.78 is 6.43. The van der Waals surface area contributed by atoms with Crippen molar-refractivity contribution in [2.45, 2.75) is 19.3 Å². The van der Waals surface area contributed by atoms with Crippen LogP contribution < -0.4 is 5.32 Å². The van der Waals surface area contributed by atoms with Crippen LogP contribution in [0.1, 0.15) is 29.8 Å². The molecule has 0 bridgehead atoms. The number of fused-ring (bicyclic) bond motifs is 1. The molecule has 1 N–H and O–H groups in total. The van der Waals surface area contributed by atoms with Gasteiger partial charge in [-0.15, -0.1) is 0 Å². The molecule has 0 radical (unpaired) electrons. The first-order valence-electron chi connectivity index (χ1n) is 8.12. The van der Waals surface area contributed by atoms with Gasteiger partial charge in [-0.1, -0.05) is 0 Å². The summed E-state index contributed by atoms with van der Waals surface area (Å²) in [5.41, 5.74) is 1.20. The number of carbonyl (C=O) groups is 3. The Hall–Kier alpha value is -2.90. The summed E-state index contributed by atoms with van der Waals surface area (Å²) in [5, 5.41) is 3.45. The van der Waals surface area contributed by atoms with Gasteiger partial charge in [-0.2, -0.15) is 0 Å². The van der Waals surface area contributed by atoms with E-state index in [2.05, 4.69) is 10.3 Å². The number of aromatic nitrogens is 2. The smallest absolute Gasteiger partial charge is 0.356 e. The van der Waals surface area contributed by atoms with Crippen LogP contribution in [0.25, 0.3) is 11.0 Å². The molecule has 2 amide bonds. The van der Waals surface area contributed by atoms with Crippen LogP contribution in [0.5, 0.6) is 0 Å². The molecule has 132 valence electrons. The summed E-state index contributed by atoms with van der Waals surface area (Å²) in [6.45, 7) is 1.07. The monoisotopic (exact) mass is 344 g/mol. The zero-order chi connectivity index (χ0) is 18.0. The highest BCUT2D eigenvalue weighted by atomic mass is 16.5. The maximum Gasteiger partial charge on any atom is 0.356 e. The number of amides is 2. The minimum atomic E-state index is -0.550. The molecule has 0 saturated carbocycles. The molecule has 2 aromatic heterocycles. The van der Waals surface area contributed by atoms with E-state index in [4.69, 9.17) is 4.74 Å². The number of rotatable bonds is 5. The van der Waals surface area contributed by atoms with Gasteiger partial charge in [-0.05, 0) is 18.6 Å². The van der Waals surface area contributed by atoms with Crippen LogP contribution in [0.2, 0.25) is 0 Å². The maximum absolute atomic E-state index is 12.4. The van der Waals surface area contributed by atoms with E-state index in [1.807, 2.05) is 0 Å². The quantitative estimate of drug-likeness (QED) is 0.826. The molecule has 1 fully saturated rings. The first-order chi connectivity index (χ1) is 12.0. The van der Waals surface area contributed by atoms with Crippen molar-refractivity contribution >= 4 is 34.5 Å². The van der Waals surface area contributed by atoms with Crippen LogP contribution in [0.3, 0.4) is 0 Å². The Morgan fingerprint density at radius 2 is 2.20 bits per heavy atom. The van der Waals surface area contributed by atoms with E-state index in [1.54, 1.807) is 34.8 Å². The molecule has 0 unspecified atom stereocenters. The minimum absolute atomic E-state index is 0.0809. The second-order valence-electron chi connectivity index (χ2n) is 5.93. The second-order valence-corrected chi connectivity index (χ2v) is 5.93. The van der Waals surface area contributed by atoms with Crippen molar-refractivity contribution in [3.05, 3.63) is 24.0 Å². The topological polar surface area (TPSA) is 93.5 Å². The number of likely N-dealkylation sites (tertiary alicyclic amines) is 1. The van der Waals surface area contributed by atoms with Gasteiger partial charge in [0.05, 0.1) is 12.8 Å². The number of anilines is 1. The molecular weight excluding hydrogens is 324 g/mol. The van der Waals surface area contributed by atoms with Crippen molar-refractivity contribution in [1.82, 2.24) is 14.5 Å². The summed E-state index contributed by atoms with van der Waals surface area (Å²) in [7, 11) is 2.98. The first-order valence-corrected chi connectivity index (χ1v) is 8.12. The van der Waals surface area contributed by atoms with Crippen LogP contribution in [0.4, 0.5) is 5.69 Å². The number of hydrogen-bond donors (Lipinski definition) is 1. The molecule has 0 aliphatic carbocycles. The molecule has 25 heavy (non-hydrogen) atoms. The average Bonchev–Trinajstić information content (AvgIpc) is 3.14. The van der Waals surface area contributed by atoms with E-state index in [9.17, 15) is 14.4 Å².